The van der Waals surface area contributed by atoms with Crippen LogP contribution in [-0.2, 0) is 6.54 Å². The van der Waals surface area contributed by atoms with Crippen LogP contribution in [0.2, 0.25) is 5.02 Å². The van der Waals surface area contributed by atoms with Gasteiger partial charge in [0, 0.05) is 34.7 Å². The largest absolute Gasteiger partial charge is 0.316 e. The average molecular weight is 344 g/mol. The SMILES string of the molecule is CC1(C)C2CNCC2CN1Cc1ccc(Br)cc1Cl. The fraction of sp³-hybridized carbons (Fsp3) is 0.600. The van der Waals surface area contributed by atoms with Crippen molar-refractivity contribution >= 4 is 27.5 Å². The minimum absolute atomic E-state index is 0.255. The Labute approximate surface area is 128 Å². The predicted molar refractivity (Wildman–Crippen MR) is 83.5 cm³/mol. The molecule has 2 atom stereocenters. The summed E-state index contributed by atoms with van der Waals surface area (Å²) in [4.78, 5) is 2.60. The molecular weight excluding hydrogens is 324 g/mol. The third-order valence-corrected chi connectivity index (χ3v) is 5.74. The second-order valence-corrected chi connectivity index (χ2v) is 7.62. The number of rotatable bonds is 2. The summed E-state index contributed by atoms with van der Waals surface area (Å²) in [6.07, 6.45) is 0. The molecule has 0 bridgehead atoms. The molecule has 2 nitrogen and oxygen atoms in total. The highest BCUT2D eigenvalue weighted by atomic mass is 79.9. The number of fused-ring (bicyclic) bond motifs is 1. The molecule has 2 aliphatic rings. The van der Waals surface area contributed by atoms with E-state index in [2.05, 4.69) is 52.1 Å². The lowest BCUT2D eigenvalue weighted by Gasteiger charge is -2.36. The summed E-state index contributed by atoms with van der Waals surface area (Å²) < 4.78 is 1.04. The monoisotopic (exact) mass is 342 g/mol. The van der Waals surface area contributed by atoms with E-state index in [4.69, 9.17) is 11.6 Å². The van der Waals surface area contributed by atoms with Crippen LogP contribution in [0, 0.1) is 11.8 Å². The van der Waals surface area contributed by atoms with E-state index < -0.39 is 0 Å². The fourth-order valence-electron chi connectivity index (χ4n) is 3.63. The van der Waals surface area contributed by atoms with Gasteiger partial charge in [-0.2, -0.15) is 0 Å². The van der Waals surface area contributed by atoms with Gasteiger partial charge in [0.05, 0.1) is 0 Å². The predicted octanol–water partition coefficient (Wildman–Crippen LogP) is 3.53. The molecule has 1 N–H and O–H groups in total. The molecule has 2 aliphatic heterocycles. The van der Waals surface area contributed by atoms with E-state index >= 15 is 0 Å². The molecule has 19 heavy (non-hydrogen) atoms. The van der Waals surface area contributed by atoms with Crippen molar-refractivity contribution in [3.8, 4) is 0 Å². The van der Waals surface area contributed by atoms with Crippen LogP contribution >= 0.6 is 27.5 Å². The molecular formula is C15H20BrClN2. The van der Waals surface area contributed by atoms with Gasteiger partial charge in [0.1, 0.15) is 0 Å². The molecule has 0 aromatic heterocycles. The van der Waals surface area contributed by atoms with Gasteiger partial charge in [-0.3, -0.25) is 4.90 Å². The first-order chi connectivity index (χ1) is 8.98. The highest BCUT2D eigenvalue weighted by molar-refractivity contribution is 9.10. The highest BCUT2D eigenvalue weighted by Gasteiger charge is 2.49. The number of hydrogen-bond donors (Lipinski definition) is 1. The quantitative estimate of drug-likeness (QED) is 0.883. The van der Waals surface area contributed by atoms with Crippen molar-refractivity contribution in [2.45, 2.75) is 25.9 Å². The van der Waals surface area contributed by atoms with E-state index in [1.807, 2.05) is 6.07 Å². The number of likely N-dealkylation sites (tertiary alicyclic amines) is 1. The van der Waals surface area contributed by atoms with E-state index in [-0.39, 0.29) is 5.54 Å². The summed E-state index contributed by atoms with van der Waals surface area (Å²) in [7, 11) is 0. The molecule has 1 aromatic carbocycles. The van der Waals surface area contributed by atoms with Crippen molar-refractivity contribution in [2.24, 2.45) is 11.8 Å². The van der Waals surface area contributed by atoms with E-state index in [0.717, 1.165) is 34.4 Å². The number of nitrogens with zero attached hydrogens (tertiary/aromatic N) is 1. The summed E-state index contributed by atoms with van der Waals surface area (Å²) in [5.41, 5.74) is 1.48. The third kappa shape index (κ3) is 2.46. The van der Waals surface area contributed by atoms with Crippen molar-refractivity contribution in [3.63, 3.8) is 0 Å². The molecule has 4 heteroatoms. The highest BCUT2D eigenvalue weighted by Crippen LogP contribution is 2.41. The topological polar surface area (TPSA) is 15.3 Å². The van der Waals surface area contributed by atoms with Crippen LogP contribution in [0.5, 0.6) is 0 Å². The first-order valence-electron chi connectivity index (χ1n) is 6.88. The van der Waals surface area contributed by atoms with Crippen molar-refractivity contribution < 1.29 is 0 Å². The lowest BCUT2D eigenvalue weighted by molar-refractivity contribution is 0.132. The van der Waals surface area contributed by atoms with Gasteiger partial charge in [-0.25, -0.2) is 0 Å². The van der Waals surface area contributed by atoms with Gasteiger partial charge in [0.25, 0.3) is 0 Å². The molecule has 0 saturated carbocycles. The van der Waals surface area contributed by atoms with Gasteiger partial charge in [-0.15, -0.1) is 0 Å². The van der Waals surface area contributed by atoms with Crippen LogP contribution in [0.15, 0.2) is 22.7 Å². The molecule has 2 unspecified atom stereocenters. The average Bonchev–Trinajstić information content (AvgIpc) is 2.87. The van der Waals surface area contributed by atoms with Crippen LogP contribution in [0.4, 0.5) is 0 Å². The lowest BCUT2D eigenvalue weighted by atomic mass is 9.85. The Morgan fingerprint density at radius 2 is 2.21 bits per heavy atom. The third-order valence-electron chi connectivity index (χ3n) is 4.89. The smallest absolute Gasteiger partial charge is 0.0462 e. The molecule has 0 spiro atoms. The second-order valence-electron chi connectivity index (χ2n) is 6.29. The molecule has 3 rings (SSSR count). The molecule has 0 amide bonds. The Morgan fingerprint density at radius 3 is 2.89 bits per heavy atom. The van der Waals surface area contributed by atoms with E-state index in [0.29, 0.717) is 0 Å². The maximum atomic E-state index is 6.35. The van der Waals surface area contributed by atoms with Gasteiger partial charge >= 0.3 is 0 Å². The van der Waals surface area contributed by atoms with E-state index in [9.17, 15) is 0 Å². The minimum atomic E-state index is 0.255. The number of benzene rings is 1. The van der Waals surface area contributed by atoms with Gasteiger partial charge in [0.2, 0.25) is 0 Å². The number of hydrogen-bond acceptors (Lipinski definition) is 2. The van der Waals surface area contributed by atoms with Gasteiger partial charge in [-0.1, -0.05) is 33.6 Å². The Morgan fingerprint density at radius 1 is 1.42 bits per heavy atom. The first-order valence-corrected chi connectivity index (χ1v) is 8.05. The molecule has 2 heterocycles. The Hall–Kier alpha value is -0.0900. The summed E-state index contributed by atoms with van der Waals surface area (Å²) in [5, 5.41) is 4.39. The lowest BCUT2D eigenvalue weighted by Crippen LogP contribution is -2.43. The molecule has 2 fully saturated rings. The van der Waals surface area contributed by atoms with Crippen LogP contribution in [-0.4, -0.2) is 30.1 Å². The van der Waals surface area contributed by atoms with Crippen molar-refractivity contribution in [2.75, 3.05) is 19.6 Å². The Bertz CT molecular complexity index is 489. The zero-order valence-electron chi connectivity index (χ0n) is 11.4. The van der Waals surface area contributed by atoms with Gasteiger partial charge in [0.15, 0.2) is 0 Å². The minimum Gasteiger partial charge on any atom is -0.316 e. The maximum absolute atomic E-state index is 6.35. The van der Waals surface area contributed by atoms with E-state index in [1.54, 1.807) is 0 Å². The van der Waals surface area contributed by atoms with E-state index in [1.165, 1.54) is 18.7 Å². The van der Waals surface area contributed by atoms with Crippen molar-refractivity contribution in [1.82, 2.24) is 10.2 Å². The zero-order chi connectivity index (χ0) is 13.6. The number of halogens is 2. The summed E-state index contributed by atoms with van der Waals surface area (Å²) in [5.74, 6) is 1.56. The van der Waals surface area contributed by atoms with Gasteiger partial charge < -0.3 is 5.32 Å². The zero-order valence-corrected chi connectivity index (χ0v) is 13.8. The molecule has 1 aromatic rings. The molecule has 0 aliphatic carbocycles. The Kier molecular flexibility index (Phi) is 3.67. The van der Waals surface area contributed by atoms with Crippen molar-refractivity contribution in [1.29, 1.82) is 0 Å². The summed E-state index contributed by atoms with van der Waals surface area (Å²) >= 11 is 9.82. The van der Waals surface area contributed by atoms with Crippen LogP contribution < -0.4 is 5.32 Å². The first kappa shape index (κ1) is 13.9. The van der Waals surface area contributed by atoms with Crippen LogP contribution in [0.25, 0.3) is 0 Å². The molecule has 104 valence electrons. The van der Waals surface area contributed by atoms with Gasteiger partial charge in [-0.05, 0) is 49.9 Å². The molecule has 0 radical (unpaired) electrons. The van der Waals surface area contributed by atoms with Crippen LogP contribution in [0.3, 0.4) is 0 Å². The van der Waals surface area contributed by atoms with Crippen LogP contribution in [0.1, 0.15) is 19.4 Å². The normalized spacial score (nSPS) is 29.7. The number of nitrogens with one attached hydrogen (secondary N) is 1. The summed E-state index contributed by atoms with van der Waals surface area (Å²) in [6.45, 7) is 9.19. The molecule has 2 saturated heterocycles. The maximum Gasteiger partial charge on any atom is 0.0462 e. The fourth-order valence-corrected chi connectivity index (χ4v) is 4.36. The Balaban J connectivity index is 1.80. The second kappa shape index (κ2) is 5.03. The van der Waals surface area contributed by atoms with Crippen molar-refractivity contribution in [3.05, 3.63) is 33.3 Å². The summed E-state index contributed by atoms with van der Waals surface area (Å²) in [6, 6.07) is 6.20. The standard InChI is InChI=1S/C15H20BrClN2/c1-15(2)13-7-18-6-11(13)9-19(15)8-10-3-4-12(16)5-14(10)17/h3-5,11,13,18H,6-9H2,1-2H3.